The van der Waals surface area contributed by atoms with Gasteiger partial charge in [-0.1, -0.05) is 27.5 Å². The molecular formula is C11H4BrClF4N2. The number of rotatable bonds is 1. The molecule has 0 radical (unpaired) electrons. The maximum atomic E-state index is 13.6. The van der Waals surface area contributed by atoms with Crippen molar-refractivity contribution in [1.82, 2.24) is 9.97 Å². The van der Waals surface area contributed by atoms with Crippen LogP contribution in [-0.4, -0.2) is 9.97 Å². The predicted octanol–water partition coefficient (Wildman–Crippen LogP) is 4.72. The zero-order valence-corrected chi connectivity index (χ0v) is 11.3. The van der Waals surface area contributed by atoms with Crippen LogP contribution < -0.4 is 0 Å². The van der Waals surface area contributed by atoms with E-state index in [2.05, 4.69) is 25.9 Å². The van der Waals surface area contributed by atoms with E-state index in [0.717, 1.165) is 12.1 Å². The minimum absolute atomic E-state index is 0.0934. The summed E-state index contributed by atoms with van der Waals surface area (Å²) in [5, 5.41) is -0.406. The molecule has 1 aromatic carbocycles. The van der Waals surface area contributed by atoms with Crippen molar-refractivity contribution in [2.24, 2.45) is 0 Å². The fourth-order valence-corrected chi connectivity index (χ4v) is 1.92. The summed E-state index contributed by atoms with van der Waals surface area (Å²) in [6.07, 6.45) is -4.75. The number of nitrogens with zero attached hydrogens (tertiary/aromatic N) is 2. The Morgan fingerprint density at radius 1 is 1.11 bits per heavy atom. The molecule has 0 unspecified atom stereocenters. The average Bonchev–Trinajstić information content (AvgIpc) is 2.30. The molecule has 2 nitrogen and oxygen atoms in total. The number of alkyl halides is 3. The molecule has 0 saturated carbocycles. The van der Waals surface area contributed by atoms with Gasteiger partial charge >= 0.3 is 6.18 Å². The first-order valence-corrected chi connectivity index (χ1v) is 6.01. The van der Waals surface area contributed by atoms with Gasteiger partial charge < -0.3 is 0 Å². The average molecular weight is 356 g/mol. The third-order valence-electron chi connectivity index (χ3n) is 2.15. The summed E-state index contributed by atoms with van der Waals surface area (Å²) >= 11 is 8.62. The maximum absolute atomic E-state index is 13.6. The summed E-state index contributed by atoms with van der Waals surface area (Å²) in [6.45, 7) is 0. The van der Waals surface area contributed by atoms with Crippen molar-refractivity contribution in [2.45, 2.75) is 6.18 Å². The lowest BCUT2D eigenvalue weighted by Crippen LogP contribution is -2.11. The highest BCUT2D eigenvalue weighted by atomic mass is 79.9. The Morgan fingerprint density at radius 2 is 1.79 bits per heavy atom. The van der Waals surface area contributed by atoms with Gasteiger partial charge in [0.05, 0.1) is 5.69 Å². The summed E-state index contributed by atoms with van der Waals surface area (Å²) in [5.74, 6) is -2.11. The van der Waals surface area contributed by atoms with Gasteiger partial charge in [-0.25, -0.2) is 14.4 Å². The molecule has 2 aromatic rings. The molecule has 0 bridgehead atoms. The Kier molecular flexibility index (Phi) is 3.78. The van der Waals surface area contributed by atoms with E-state index in [1.807, 2.05) is 0 Å². The van der Waals surface area contributed by atoms with Gasteiger partial charge in [0.25, 0.3) is 0 Å². The SMILES string of the molecule is Fc1ccc(Br)cc1-c1cc(Cl)nc(C(F)(F)F)n1. The monoisotopic (exact) mass is 354 g/mol. The van der Waals surface area contributed by atoms with E-state index in [1.165, 1.54) is 12.1 Å². The number of halogens is 6. The number of aromatic nitrogens is 2. The molecule has 0 saturated heterocycles. The Balaban J connectivity index is 2.63. The minimum Gasteiger partial charge on any atom is -0.224 e. The second-order valence-corrected chi connectivity index (χ2v) is 4.82. The molecule has 0 atom stereocenters. The van der Waals surface area contributed by atoms with Gasteiger partial charge in [0.2, 0.25) is 5.82 Å². The molecule has 1 heterocycles. The molecule has 0 spiro atoms. The van der Waals surface area contributed by atoms with E-state index >= 15 is 0 Å². The van der Waals surface area contributed by atoms with Crippen LogP contribution in [0.5, 0.6) is 0 Å². The van der Waals surface area contributed by atoms with E-state index in [1.54, 1.807) is 0 Å². The lowest BCUT2D eigenvalue weighted by Gasteiger charge is -2.08. The number of benzene rings is 1. The van der Waals surface area contributed by atoms with Gasteiger partial charge in [0, 0.05) is 16.1 Å². The Morgan fingerprint density at radius 3 is 2.42 bits per heavy atom. The molecule has 0 N–H and O–H groups in total. The van der Waals surface area contributed by atoms with Crippen molar-refractivity contribution < 1.29 is 17.6 Å². The smallest absolute Gasteiger partial charge is 0.224 e. The maximum Gasteiger partial charge on any atom is 0.451 e. The molecule has 0 fully saturated rings. The van der Waals surface area contributed by atoms with Crippen molar-refractivity contribution >= 4 is 27.5 Å². The Labute approximate surface area is 118 Å². The molecule has 100 valence electrons. The quantitative estimate of drug-likeness (QED) is 0.546. The van der Waals surface area contributed by atoms with E-state index < -0.39 is 23.0 Å². The van der Waals surface area contributed by atoms with E-state index in [9.17, 15) is 17.6 Å². The van der Waals surface area contributed by atoms with Crippen molar-refractivity contribution in [3.8, 4) is 11.3 Å². The molecule has 2 rings (SSSR count). The van der Waals surface area contributed by atoms with Gasteiger partial charge in [0.1, 0.15) is 11.0 Å². The second kappa shape index (κ2) is 5.05. The molecule has 1 aromatic heterocycles. The van der Waals surface area contributed by atoms with Crippen LogP contribution in [0.2, 0.25) is 5.15 Å². The first-order chi connectivity index (χ1) is 8.77. The third kappa shape index (κ3) is 3.22. The molecule has 0 aliphatic carbocycles. The summed E-state index contributed by atoms with van der Waals surface area (Å²) in [7, 11) is 0. The highest BCUT2D eigenvalue weighted by Gasteiger charge is 2.35. The molecule has 0 aliphatic rings. The van der Waals surface area contributed by atoms with Crippen molar-refractivity contribution in [1.29, 1.82) is 0 Å². The third-order valence-corrected chi connectivity index (χ3v) is 2.84. The molecular weight excluding hydrogens is 351 g/mol. The Hall–Kier alpha value is -1.21. The fraction of sp³-hybridized carbons (Fsp3) is 0.0909. The van der Waals surface area contributed by atoms with Crippen LogP contribution in [0.3, 0.4) is 0 Å². The zero-order valence-electron chi connectivity index (χ0n) is 8.97. The first kappa shape index (κ1) is 14.2. The highest BCUT2D eigenvalue weighted by Crippen LogP contribution is 2.31. The van der Waals surface area contributed by atoms with Crippen LogP contribution in [0.25, 0.3) is 11.3 Å². The number of hydrogen-bond donors (Lipinski definition) is 0. The minimum atomic E-state index is -4.75. The Bertz CT molecular complexity index is 631. The second-order valence-electron chi connectivity index (χ2n) is 3.52. The molecule has 19 heavy (non-hydrogen) atoms. The number of hydrogen-bond acceptors (Lipinski definition) is 2. The van der Waals surface area contributed by atoms with Crippen molar-refractivity contribution in [3.63, 3.8) is 0 Å². The van der Waals surface area contributed by atoms with Crippen LogP contribution in [0.1, 0.15) is 5.82 Å². The van der Waals surface area contributed by atoms with Crippen LogP contribution in [-0.2, 0) is 6.18 Å². The first-order valence-electron chi connectivity index (χ1n) is 4.84. The largest absolute Gasteiger partial charge is 0.451 e. The standard InChI is InChI=1S/C11H4BrClF4N2/c12-5-1-2-7(14)6(3-5)8-4-9(13)19-10(18-8)11(15,16)17/h1-4H. The van der Waals surface area contributed by atoms with Crippen LogP contribution in [0.15, 0.2) is 28.7 Å². The van der Waals surface area contributed by atoms with E-state index in [-0.39, 0.29) is 11.3 Å². The van der Waals surface area contributed by atoms with E-state index in [4.69, 9.17) is 11.6 Å². The van der Waals surface area contributed by atoms with Crippen molar-refractivity contribution in [3.05, 3.63) is 45.5 Å². The topological polar surface area (TPSA) is 25.8 Å². The lowest BCUT2D eigenvalue weighted by atomic mass is 10.1. The summed E-state index contributed by atoms with van der Waals surface area (Å²) in [5.41, 5.74) is -0.324. The van der Waals surface area contributed by atoms with Gasteiger partial charge in [0.15, 0.2) is 0 Å². The normalized spacial score (nSPS) is 11.7. The highest BCUT2D eigenvalue weighted by molar-refractivity contribution is 9.10. The van der Waals surface area contributed by atoms with Crippen LogP contribution in [0.4, 0.5) is 17.6 Å². The molecule has 0 aliphatic heterocycles. The predicted molar refractivity (Wildman–Crippen MR) is 65.1 cm³/mol. The van der Waals surface area contributed by atoms with Crippen LogP contribution in [0, 0.1) is 5.82 Å². The van der Waals surface area contributed by atoms with Gasteiger partial charge in [-0.3, -0.25) is 0 Å². The van der Waals surface area contributed by atoms with Crippen molar-refractivity contribution in [2.75, 3.05) is 0 Å². The zero-order chi connectivity index (χ0) is 14.2. The van der Waals surface area contributed by atoms with Gasteiger partial charge in [-0.15, -0.1) is 0 Å². The fourth-order valence-electron chi connectivity index (χ4n) is 1.38. The van der Waals surface area contributed by atoms with Gasteiger partial charge in [-0.2, -0.15) is 13.2 Å². The summed E-state index contributed by atoms with van der Waals surface area (Å²) in [4.78, 5) is 6.37. The molecule has 0 amide bonds. The summed E-state index contributed by atoms with van der Waals surface area (Å²) < 4.78 is 51.8. The molecule has 8 heteroatoms. The summed E-state index contributed by atoms with van der Waals surface area (Å²) in [6, 6.07) is 4.92. The van der Waals surface area contributed by atoms with Crippen LogP contribution >= 0.6 is 27.5 Å². The van der Waals surface area contributed by atoms with E-state index in [0.29, 0.717) is 4.47 Å². The van der Waals surface area contributed by atoms with Gasteiger partial charge in [-0.05, 0) is 18.2 Å². The lowest BCUT2D eigenvalue weighted by molar-refractivity contribution is -0.144.